The number of ether oxygens (including phenoxy) is 1. The first kappa shape index (κ1) is 10.8. The van der Waals surface area contributed by atoms with Crippen LogP contribution >= 0.6 is 11.6 Å². The maximum Gasteiger partial charge on any atom is 0.119 e. The lowest BCUT2D eigenvalue weighted by molar-refractivity contribution is 0.0952. The van der Waals surface area contributed by atoms with Gasteiger partial charge in [0.25, 0.3) is 0 Å². The number of aliphatic hydroxyl groups excluding tert-OH is 1. The Hall–Kier alpha value is -0.730. The zero-order chi connectivity index (χ0) is 10.7. The molecule has 1 aromatic rings. The van der Waals surface area contributed by atoms with Crippen molar-refractivity contribution >= 4 is 11.6 Å². The van der Waals surface area contributed by atoms with Gasteiger partial charge in [-0.2, -0.15) is 0 Å². The van der Waals surface area contributed by atoms with Gasteiger partial charge in [-0.05, 0) is 36.6 Å². The van der Waals surface area contributed by atoms with E-state index in [1.54, 1.807) is 12.1 Å². The van der Waals surface area contributed by atoms with Crippen molar-refractivity contribution in [3.05, 3.63) is 29.3 Å². The molecule has 0 heterocycles. The van der Waals surface area contributed by atoms with Gasteiger partial charge in [-0.25, -0.2) is 0 Å². The Kier molecular flexibility index (Phi) is 3.49. The van der Waals surface area contributed by atoms with Gasteiger partial charge in [-0.3, -0.25) is 0 Å². The zero-order valence-corrected chi connectivity index (χ0v) is 9.28. The topological polar surface area (TPSA) is 29.5 Å². The molecular weight excluding hydrogens is 212 g/mol. The Labute approximate surface area is 94.8 Å². The summed E-state index contributed by atoms with van der Waals surface area (Å²) in [5.41, 5.74) is 0. The van der Waals surface area contributed by atoms with Crippen LogP contribution in [0.4, 0.5) is 0 Å². The van der Waals surface area contributed by atoms with E-state index in [4.69, 9.17) is 16.3 Å². The molecule has 0 spiro atoms. The molecule has 0 amide bonds. The van der Waals surface area contributed by atoms with Crippen LogP contribution < -0.4 is 4.74 Å². The molecule has 82 valence electrons. The SMILES string of the molecule is OC(COc1ccc(Cl)cc1)CC1CC1. The van der Waals surface area contributed by atoms with Crippen LogP contribution in [0.5, 0.6) is 5.75 Å². The van der Waals surface area contributed by atoms with Gasteiger partial charge in [0.2, 0.25) is 0 Å². The van der Waals surface area contributed by atoms with E-state index in [2.05, 4.69) is 0 Å². The first-order valence-corrected chi connectivity index (χ1v) is 5.68. The van der Waals surface area contributed by atoms with E-state index in [0.717, 1.165) is 18.1 Å². The van der Waals surface area contributed by atoms with Gasteiger partial charge in [-0.15, -0.1) is 0 Å². The number of aliphatic hydroxyl groups is 1. The van der Waals surface area contributed by atoms with E-state index in [9.17, 15) is 5.11 Å². The Morgan fingerprint density at radius 3 is 2.60 bits per heavy atom. The van der Waals surface area contributed by atoms with Crippen LogP contribution in [0.15, 0.2) is 24.3 Å². The van der Waals surface area contributed by atoms with Crippen molar-refractivity contribution in [3.8, 4) is 5.75 Å². The third kappa shape index (κ3) is 3.73. The largest absolute Gasteiger partial charge is 0.491 e. The van der Waals surface area contributed by atoms with E-state index in [0.29, 0.717) is 11.6 Å². The summed E-state index contributed by atoms with van der Waals surface area (Å²) in [6, 6.07) is 7.19. The van der Waals surface area contributed by atoms with Crippen molar-refractivity contribution in [1.82, 2.24) is 0 Å². The summed E-state index contributed by atoms with van der Waals surface area (Å²) < 4.78 is 5.44. The highest BCUT2D eigenvalue weighted by Crippen LogP contribution is 2.33. The smallest absolute Gasteiger partial charge is 0.119 e. The average Bonchev–Trinajstić information content (AvgIpc) is 3.01. The number of hydrogen-bond donors (Lipinski definition) is 1. The summed E-state index contributed by atoms with van der Waals surface area (Å²) >= 11 is 5.75. The van der Waals surface area contributed by atoms with Gasteiger partial charge in [0.15, 0.2) is 0 Å². The molecule has 1 aliphatic carbocycles. The molecule has 1 unspecified atom stereocenters. The molecule has 3 heteroatoms. The van der Waals surface area contributed by atoms with Gasteiger partial charge < -0.3 is 9.84 Å². The molecule has 1 aromatic carbocycles. The minimum atomic E-state index is -0.340. The molecule has 0 bridgehead atoms. The van der Waals surface area contributed by atoms with Crippen LogP contribution in [0.2, 0.25) is 5.02 Å². The molecule has 2 rings (SSSR count). The molecule has 1 N–H and O–H groups in total. The lowest BCUT2D eigenvalue weighted by Gasteiger charge is -2.11. The van der Waals surface area contributed by atoms with E-state index in [1.807, 2.05) is 12.1 Å². The standard InChI is InChI=1S/C12H15ClO2/c13-10-3-5-12(6-4-10)15-8-11(14)7-9-1-2-9/h3-6,9,11,14H,1-2,7-8H2. The fourth-order valence-electron chi connectivity index (χ4n) is 1.53. The molecule has 0 aromatic heterocycles. The lowest BCUT2D eigenvalue weighted by Crippen LogP contribution is -2.17. The van der Waals surface area contributed by atoms with Gasteiger partial charge in [0, 0.05) is 5.02 Å². The Bertz CT molecular complexity index is 306. The first-order valence-electron chi connectivity index (χ1n) is 5.30. The molecule has 1 aliphatic rings. The fraction of sp³-hybridized carbons (Fsp3) is 0.500. The number of benzene rings is 1. The third-order valence-electron chi connectivity index (χ3n) is 2.56. The molecule has 1 atom stereocenters. The summed E-state index contributed by atoms with van der Waals surface area (Å²) in [4.78, 5) is 0. The Balaban J connectivity index is 1.74. The van der Waals surface area contributed by atoms with E-state index in [-0.39, 0.29) is 6.10 Å². The Morgan fingerprint density at radius 1 is 1.33 bits per heavy atom. The molecule has 15 heavy (non-hydrogen) atoms. The molecule has 0 aliphatic heterocycles. The fourth-order valence-corrected chi connectivity index (χ4v) is 1.66. The maximum absolute atomic E-state index is 9.62. The molecule has 0 radical (unpaired) electrons. The van der Waals surface area contributed by atoms with Crippen molar-refractivity contribution in [2.45, 2.75) is 25.4 Å². The van der Waals surface area contributed by atoms with Gasteiger partial charge in [0.05, 0.1) is 6.10 Å². The zero-order valence-electron chi connectivity index (χ0n) is 8.53. The van der Waals surface area contributed by atoms with Gasteiger partial charge in [-0.1, -0.05) is 24.4 Å². The van der Waals surface area contributed by atoms with Crippen molar-refractivity contribution in [2.75, 3.05) is 6.61 Å². The van der Waals surface area contributed by atoms with Crippen molar-refractivity contribution in [3.63, 3.8) is 0 Å². The normalized spacial score (nSPS) is 17.5. The quantitative estimate of drug-likeness (QED) is 0.837. The highest BCUT2D eigenvalue weighted by atomic mass is 35.5. The average molecular weight is 227 g/mol. The summed E-state index contributed by atoms with van der Waals surface area (Å²) in [5, 5.41) is 10.3. The van der Waals surface area contributed by atoms with Crippen molar-refractivity contribution in [1.29, 1.82) is 0 Å². The van der Waals surface area contributed by atoms with Crippen molar-refractivity contribution < 1.29 is 9.84 Å². The lowest BCUT2D eigenvalue weighted by atomic mass is 10.2. The monoisotopic (exact) mass is 226 g/mol. The van der Waals surface area contributed by atoms with Crippen LogP contribution in [0, 0.1) is 5.92 Å². The highest BCUT2D eigenvalue weighted by molar-refractivity contribution is 6.30. The minimum absolute atomic E-state index is 0.340. The second kappa shape index (κ2) is 4.86. The van der Waals surface area contributed by atoms with Crippen LogP contribution in [0.3, 0.4) is 0 Å². The van der Waals surface area contributed by atoms with Crippen LogP contribution in [0.1, 0.15) is 19.3 Å². The second-order valence-electron chi connectivity index (χ2n) is 4.10. The van der Waals surface area contributed by atoms with Gasteiger partial charge >= 0.3 is 0 Å². The number of hydrogen-bond acceptors (Lipinski definition) is 2. The first-order chi connectivity index (χ1) is 7.24. The Morgan fingerprint density at radius 2 is 2.00 bits per heavy atom. The number of halogens is 1. The summed E-state index contributed by atoms with van der Waals surface area (Å²) in [6.45, 7) is 0.373. The van der Waals surface area contributed by atoms with Gasteiger partial charge in [0.1, 0.15) is 12.4 Å². The summed E-state index contributed by atoms with van der Waals surface area (Å²) in [6.07, 6.45) is 3.05. The summed E-state index contributed by atoms with van der Waals surface area (Å²) in [5.74, 6) is 1.49. The molecule has 2 nitrogen and oxygen atoms in total. The molecular formula is C12H15ClO2. The van der Waals surface area contributed by atoms with E-state index in [1.165, 1.54) is 12.8 Å². The van der Waals surface area contributed by atoms with Crippen molar-refractivity contribution in [2.24, 2.45) is 5.92 Å². The number of rotatable bonds is 5. The molecule has 1 saturated carbocycles. The minimum Gasteiger partial charge on any atom is -0.491 e. The highest BCUT2D eigenvalue weighted by Gasteiger charge is 2.24. The second-order valence-corrected chi connectivity index (χ2v) is 4.53. The predicted molar refractivity (Wildman–Crippen MR) is 60.3 cm³/mol. The van der Waals surface area contributed by atoms with E-state index < -0.39 is 0 Å². The van der Waals surface area contributed by atoms with Crippen LogP contribution in [-0.2, 0) is 0 Å². The van der Waals surface area contributed by atoms with Crippen LogP contribution in [-0.4, -0.2) is 17.8 Å². The van der Waals surface area contributed by atoms with Crippen LogP contribution in [0.25, 0.3) is 0 Å². The third-order valence-corrected chi connectivity index (χ3v) is 2.81. The predicted octanol–water partition coefficient (Wildman–Crippen LogP) is 2.88. The maximum atomic E-state index is 9.62. The van der Waals surface area contributed by atoms with E-state index >= 15 is 0 Å². The molecule has 0 saturated heterocycles. The molecule has 1 fully saturated rings. The summed E-state index contributed by atoms with van der Waals surface area (Å²) in [7, 11) is 0.